The molecule has 1 heteroatoms. The normalized spacial score (nSPS) is 27.2. The zero-order valence-corrected chi connectivity index (χ0v) is 8.05. The molecule has 1 unspecified atom stereocenters. The molecule has 1 rings (SSSR count). The summed E-state index contributed by atoms with van der Waals surface area (Å²) in [5.41, 5.74) is 1.01. The highest BCUT2D eigenvalue weighted by Crippen LogP contribution is 2.38. The van der Waals surface area contributed by atoms with Gasteiger partial charge in [-0.25, -0.2) is 0 Å². The van der Waals surface area contributed by atoms with Gasteiger partial charge in [0.1, 0.15) is 5.78 Å². The van der Waals surface area contributed by atoms with Gasteiger partial charge in [-0.1, -0.05) is 38.2 Å². The van der Waals surface area contributed by atoms with Crippen LogP contribution in [0.15, 0.2) is 24.3 Å². The predicted molar refractivity (Wildman–Crippen MR) is 50.8 cm³/mol. The van der Waals surface area contributed by atoms with E-state index in [-0.39, 0.29) is 17.1 Å². The summed E-state index contributed by atoms with van der Waals surface area (Å²) in [4.78, 5) is 11.3. The van der Waals surface area contributed by atoms with E-state index < -0.39 is 0 Å². The lowest BCUT2D eigenvalue weighted by Crippen LogP contribution is -2.31. The molecule has 1 nitrogen and oxygen atoms in total. The number of hydrogen-bond acceptors (Lipinski definition) is 1. The van der Waals surface area contributed by atoms with Gasteiger partial charge in [0, 0.05) is 5.92 Å². The molecular weight excluding hydrogens is 148 g/mol. The molecule has 0 amide bonds. The maximum absolute atomic E-state index is 11.3. The van der Waals surface area contributed by atoms with Gasteiger partial charge in [0.05, 0.1) is 0 Å². The van der Waals surface area contributed by atoms with Crippen molar-refractivity contribution in [1.29, 1.82) is 0 Å². The van der Waals surface area contributed by atoms with Gasteiger partial charge in [0.25, 0.3) is 0 Å². The SMILES string of the molecule is C=C1CC=CC(C)(C)C1C(C)=O. The molecule has 0 heterocycles. The fourth-order valence-electron chi connectivity index (χ4n) is 2.07. The van der Waals surface area contributed by atoms with Crippen molar-refractivity contribution in [2.75, 3.05) is 0 Å². The van der Waals surface area contributed by atoms with Crippen LogP contribution >= 0.6 is 0 Å². The molecule has 1 aliphatic carbocycles. The Bertz CT molecular complexity index is 246. The average Bonchev–Trinajstić information content (AvgIpc) is 1.82. The number of allylic oxidation sites excluding steroid dienone is 3. The Kier molecular flexibility index (Phi) is 2.22. The van der Waals surface area contributed by atoms with E-state index >= 15 is 0 Å². The topological polar surface area (TPSA) is 17.1 Å². The van der Waals surface area contributed by atoms with Gasteiger partial charge in [0.15, 0.2) is 0 Å². The minimum absolute atomic E-state index is 0.0162. The van der Waals surface area contributed by atoms with E-state index in [1.165, 1.54) is 0 Å². The summed E-state index contributed by atoms with van der Waals surface area (Å²) in [7, 11) is 0. The summed E-state index contributed by atoms with van der Waals surface area (Å²) < 4.78 is 0. The Morgan fingerprint density at radius 3 is 2.58 bits per heavy atom. The Morgan fingerprint density at radius 2 is 2.25 bits per heavy atom. The third kappa shape index (κ3) is 1.50. The lowest BCUT2D eigenvalue weighted by atomic mass is 9.69. The molecule has 0 aromatic rings. The summed E-state index contributed by atoms with van der Waals surface area (Å²) in [6.45, 7) is 9.76. The van der Waals surface area contributed by atoms with E-state index in [1.54, 1.807) is 6.92 Å². The zero-order chi connectivity index (χ0) is 9.35. The standard InChI is InChI=1S/C11H16O/c1-8-6-5-7-11(3,4)10(8)9(2)12/h5,7,10H,1,6H2,2-4H3. The van der Waals surface area contributed by atoms with Gasteiger partial charge in [-0.3, -0.25) is 4.79 Å². The molecule has 0 fully saturated rings. The Hall–Kier alpha value is -0.850. The summed E-state index contributed by atoms with van der Waals surface area (Å²) in [5, 5.41) is 0. The number of hydrogen-bond donors (Lipinski definition) is 0. The molecule has 0 spiro atoms. The first-order valence-electron chi connectivity index (χ1n) is 4.31. The van der Waals surface area contributed by atoms with E-state index in [4.69, 9.17) is 0 Å². The zero-order valence-electron chi connectivity index (χ0n) is 8.05. The first-order valence-corrected chi connectivity index (χ1v) is 4.31. The van der Waals surface area contributed by atoms with Gasteiger partial charge in [0.2, 0.25) is 0 Å². The molecule has 0 aliphatic heterocycles. The highest BCUT2D eigenvalue weighted by atomic mass is 16.1. The molecule has 66 valence electrons. The van der Waals surface area contributed by atoms with E-state index in [2.05, 4.69) is 32.6 Å². The quantitative estimate of drug-likeness (QED) is 0.544. The summed E-state index contributed by atoms with van der Waals surface area (Å²) >= 11 is 0. The number of ketones is 1. The van der Waals surface area contributed by atoms with E-state index in [9.17, 15) is 4.79 Å². The Morgan fingerprint density at radius 1 is 1.67 bits per heavy atom. The molecule has 0 bridgehead atoms. The van der Waals surface area contributed by atoms with E-state index in [0.29, 0.717) is 0 Å². The largest absolute Gasteiger partial charge is 0.299 e. The summed E-state index contributed by atoms with van der Waals surface area (Å²) in [6.07, 6.45) is 5.07. The van der Waals surface area contributed by atoms with Crippen LogP contribution in [-0.4, -0.2) is 5.78 Å². The first kappa shape index (κ1) is 9.24. The molecule has 0 saturated heterocycles. The van der Waals surface area contributed by atoms with Gasteiger partial charge < -0.3 is 0 Å². The van der Waals surface area contributed by atoms with Crippen LogP contribution in [0, 0.1) is 11.3 Å². The molecular formula is C11H16O. The molecule has 1 atom stereocenters. The van der Waals surface area contributed by atoms with Crippen LogP contribution in [-0.2, 0) is 4.79 Å². The van der Waals surface area contributed by atoms with Crippen molar-refractivity contribution < 1.29 is 4.79 Å². The highest BCUT2D eigenvalue weighted by molar-refractivity contribution is 5.82. The van der Waals surface area contributed by atoms with Crippen LogP contribution in [0.4, 0.5) is 0 Å². The smallest absolute Gasteiger partial charge is 0.137 e. The van der Waals surface area contributed by atoms with Crippen LogP contribution in [0.2, 0.25) is 0 Å². The van der Waals surface area contributed by atoms with E-state index in [0.717, 1.165) is 12.0 Å². The van der Waals surface area contributed by atoms with Crippen LogP contribution in [0.1, 0.15) is 27.2 Å². The number of carbonyl (C=O) groups is 1. The minimum atomic E-state index is -0.0405. The third-order valence-corrected chi connectivity index (χ3v) is 2.49. The molecule has 12 heavy (non-hydrogen) atoms. The predicted octanol–water partition coefficient (Wildman–Crippen LogP) is 2.73. The van der Waals surface area contributed by atoms with Crippen LogP contribution in [0.25, 0.3) is 0 Å². The number of carbonyl (C=O) groups excluding carboxylic acids is 1. The molecule has 0 radical (unpaired) electrons. The third-order valence-electron chi connectivity index (χ3n) is 2.49. The van der Waals surface area contributed by atoms with Crippen LogP contribution in [0.5, 0.6) is 0 Å². The van der Waals surface area contributed by atoms with Gasteiger partial charge in [-0.05, 0) is 18.8 Å². The molecule has 0 aromatic heterocycles. The van der Waals surface area contributed by atoms with Crippen molar-refractivity contribution in [3.05, 3.63) is 24.3 Å². The van der Waals surface area contributed by atoms with Crippen molar-refractivity contribution in [3.8, 4) is 0 Å². The van der Waals surface area contributed by atoms with Crippen LogP contribution < -0.4 is 0 Å². The maximum Gasteiger partial charge on any atom is 0.137 e. The molecule has 0 aromatic carbocycles. The average molecular weight is 164 g/mol. The Balaban J connectivity index is 3.01. The second kappa shape index (κ2) is 2.89. The van der Waals surface area contributed by atoms with Gasteiger partial charge in [-0.15, -0.1) is 0 Å². The lowest BCUT2D eigenvalue weighted by Gasteiger charge is -2.34. The fourth-order valence-corrected chi connectivity index (χ4v) is 2.07. The maximum atomic E-state index is 11.3. The van der Waals surface area contributed by atoms with Crippen molar-refractivity contribution in [2.24, 2.45) is 11.3 Å². The summed E-state index contributed by atoms with van der Waals surface area (Å²) in [6, 6.07) is 0. The second-order valence-electron chi connectivity index (χ2n) is 4.13. The monoisotopic (exact) mass is 164 g/mol. The van der Waals surface area contributed by atoms with Crippen molar-refractivity contribution >= 4 is 5.78 Å². The van der Waals surface area contributed by atoms with Gasteiger partial charge in [-0.2, -0.15) is 0 Å². The van der Waals surface area contributed by atoms with Crippen molar-refractivity contribution in [1.82, 2.24) is 0 Å². The van der Waals surface area contributed by atoms with Crippen LogP contribution in [0.3, 0.4) is 0 Å². The van der Waals surface area contributed by atoms with Gasteiger partial charge >= 0.3 is 0 Å². The summed E-state index contributed by atoms with van der Waals surface area (Å²) in [5.74, 6) is 0.247. The number of Topliss-reactive ketones (excluding diaryl/α,β-unsaturated/α-hetero) is 1. The fraction of sp³-hybridized carbons (Fsp3) is 0.545. The van der Waals surface area contributed by atoms with E-state index in [1.807, 2.05) is 0 Å². The molecule has 1 aliphatic rings. The minimum Gasteiger partial charge on any atom is -0.299 e. The number of rotatable bonds is 1. The van der Waals surface area contributed by atoms with Crippen molar-refractivity contribution in [3.63, 3.8) is 0 Å². The highest BCUT2D eigenvalue weighted by Gasteiger charge is 2.34. The first-order chi connectivity index (χ1) is 5.45. The molecule has 0 N–H and O–H groups in total. The Labute approximate surface area is 74.2 Å². The second-order valence-corrected chi connectivity index (χ2v) is 4.13. The van der Waals surface area contributed by atoms with Crippen molar-refractivity contribution in [2.45, 2.75) is 27.2 Å². The lowest BCUT2D eigenvalue weighted by molar-refractivity contribution is -0.121. The molecule has 0 saturated carbocycles.